The van der Waals surface area contributed by atoms with Crippen LogP contribution in [0, 0.1) is 0 Å². The van der Waals surface area contributed by atoms with Gasteiger partial charge in [-0.1, -0.05) is 40.2 Å². The molecule has 0 aliphatic heterocycles. The normalized spacial score (nSPS) is 11.5. The molecule has 0 saturated carbocycles. The highest BCUT2D eigenvalue weighted by Gasteiger charge is 2.17. The molecule has 23 heavy (non-hydrogen) atoms. The maximum absolute atomic E-state index is 12.2. The molecule has 6 nitrogen and oxygen atoms in total. The SMILES string of the molecule is O=C(NNS(=O)(=O)c1cccc(Br)c1)c1c[nH]c2ccccc12. The lowest BCUT2D eigenvalue weighted by Crippen LogP contribution is -2.41. The van der Waals surface area contributed by atoms with Gasteiger partial charge in [0.05, 0.1) is 10.5 Å². The number of rotatable bonds is 4. The van der Waals surface area contributed by atoms with Gasteiger partial charge in [-0.15, -0.1) is 4.83 Å². The van der Waals surface area contributed by atoms with Gasteiger partial charge in [-0.3, -0.25) is 10.2 Å². The van der Waals surface area contributed by atoms with Crippen molar-refractivity contribution in [2.75, 3.05) is 0 Å². The zero-order valence-corrected chi connectivity index (χ0v) is 14.1. The number of carbonyl (C=O) groups excluding carboxylic acids is 1. The van der Waals surface area contributed by atoms with Gasteiger partial charge in [0.25, 0.3) is 15.9 Å². The zero-order chi connectivity index (χ0) is 16.4. The van der Waals surface area contributed by atoms with Gasteiger partial charge >= 0.3 is 0 Å². The molecule has 0 bridgehead atoms. The van der Waals surface area contributed by atoms with Crippen molar-refractivity contribution >= 4 is 42.8 Å². The number of H-pyrrole nitrogens is 1. The maximum atomic E-state index is 12.2. The Morgan fingerprint density at radius 2 is 1.87 bits per heavy atom. The van der Waals surface area contributed by atoms with Crippen molar-refractivity contribution in [2.45, 2.75) is 4.90 Å². The number of hydrazine groups is 1. The van der Waals surface area contributed by atoms with Crippen molar-refractivity contribution in [2.24, 2.45) is 0 Å². The fraction of sp³-hybridized carbons (Fsp3) is 0. The summed E-state index contributed by atoms with van der Waals surface area (Å²) in [6, 6.07) is 13.4. The number of hydrogen-bond donors (Lipinski definition) is 3. The lowest BCUT2D eigenvalue weighted by Gasteiger charge is -2.08. The van der Waals surface area contributed by atoms with Crippen LogP contribution in [0.3, 0.4) is 0 Å². The van der Waals surface area contributed by atoms with Crippen molar-refractivity contribution in [1.29, 1.82) is 0 Å². The first-order valence-corrected chi connectivity index (χ1v) is 8.89. The molecule has 0 atom stereocenters. The van der Waals surface area contributed by atoms with Gasteiger partial charge in [0, 0.05) is 21.6 Å². The zero-order valence-electron chi connectivity index (χ0n) is 11.7. The van der Waals surface area contributed by atoms with E-state index < -0.39 is 15.9 Å². The average Bonchev–Trinajstić information content (AvgIpc) is 2.97. The lowest BCUT2D eigenvalue weighted by atomic mass is 10.2. The predicted molar refractivity (Wildman–Crippen MR) is 90.2 cm³/mol. The molecule has 8 heteroatoms. The standard InChI is InChI=1S/C15H12BrN3O3S/c16-10-4-3-5-11(8-10)23(21,22)19-18-15(20)13-9-17-14-7-2-1-6-12(13)14/h1-9,17,19H,(H,18,20). The molecule has 118 valence electrons. The Morgan fingerprint density at radius 3 is 2.65 bits per heavy atom. The molecule has 0 aliphatic rings. The van der Waals surface area contributed by atoms with E-state index in [0.29, 0.717) is 15.4 Å². The summed E-state index contributed by atoms with van der Waals surface area (Å²) in [5.74, 6) is -0.541. The van der Waals surface area contributed by atoms with E-state index in [4.69, 9.17) is 0 Å². The summed E-state index contributed by atoms with van der Waals surface area (Å²) < 4.78 is 25.0. The van der Waals surface area contributed by atoms with E-state index in [-0.39, 0.29) is 4.90 Å². The Bertz CT molecular complexity index is 982. The van der Waals surface area contributed by atoms with Crippen molar-refractivity contribution < 1.29 is 13.2 Å². The van der Waals surface area contributed by atoms with E-state index in [1.165, 1.54) is 18.3 Å². The molecule has 0 saturated heterocycles. The number of aromatic amines is 1. The number of halogens is 1. The van der Waals surface area contributed by atoms with Gasteiger partial charge < -0.3 is 4.98 Å². The number of fused-ring (bicyclic) bond motifs is 1. The second kappa shape index (κ2) is 6.15. The molecule has 3 rings (SSSR count). The first-order chi connectivity index (χ1) is 11.0. The smallest absolute Gasteiger partial charge is 0.268 e. The molecule has 0 fully saturated rings. The highest BCUT2D eigenvalue weighted by Crippen LogP contribution is 2.18. The number of nitrogens with one attached hydrogen (secondary N) is 3. The first kappa shape index (κ1) is 15.7. The van der Waals surface area contributed by atoms with E-state index in [1.54, 1.807) is 24.3 Å². The third kappa shape index (κ3) is 3.29. The molecule has 1 aromatic heterocycles. The Labute approximate surface area is 141 Å². The lowest BCUT2D eigenvalue weighted by molar-refractivity contribution is 0.0947. The van der Waals surface area contributed by atoms with Crippen LogP contribution in [0.25, 0.3) is 10.9 Å². The van der Waals surface area contributed by atoms with Crippen LogP contribution in [0.5, 0.6) is 0 Å². The van der Waals surface area contributed by atoms with E-state index in [2.05, 4.69) is 31.2 Å². The van der Waals surface area contributed by atoms with E-state index in [0.717, 1.165) is 5.52 Å². The van der Waals surface area contributed by atoms with Gasteiger partial charge in [-0.25, -0.2) is 8.42 Å². The molecule has 0 unspecified atom stereocenters. The third-order valence-electron chi connectivity index (χ3n) is 3.24. The quantitative estimate of drug-likeness (QED) is 0.594. The molecule has 2 aromatic carbocycles. The Morgan fingerprint density at radius 1 is 1.09 bits per heavy atom. The van der Waals surface area contributed by atoms with Gasteiger partial charge in [-0.2, -0.15) is 0 Å². The van der Waals surface area contributed by atoms with Crippen LogP contribution in [-0.4, -0.2) is 19.3 Å². The minimum atomic E-state index is -3.84. The molecule has 3 aromatic rings. The van der Waals surface area contributed by atoms with Crippen molar-refractivity contribution in [3.8, 4) is 0 Å². The second-order valence-corrected chi connectivity index (χ2v) is 7.36. The number of sulfonamides is 1. The van der Waals surface area contributed by atoms with Crippen LogP contribution in [-0.2, 0) is 10.0 Å². The predicted octanol–water partition coefficient (Wildman–Crippen LogP) is 2.55. The minimum Gasteiger partial charge on any atom is -0.360 e. The number of hydrogen-bond acceptors (Lipinski definition) is 3. The summed E-state index contributed by atoms with van der Waals surface area (Å²) in [6.07, 6.45) is 1.54. The summed E-state index contributed by atoms with van der Waals surface area (Å²) >= 11 is 3.21. The fourth-order valence-corrected chi connectivity index (χ4v) is 3.57. The number of aromatic nitrogens is 1. The number of para-hydroxylation sites is 1. The van der Waals surface area contributed by atoms with Crippen molar-refractivity contribution in [3.05, 3.63) is 64.8 Å². The molecule has 1 heterocycles. The fourth-order valence-electron chi connectivity index (χ4n) is 2.13. The van der Waals surface area contributed by atoms with Gasteiger partial charge in [0.15, 0.2) is 0 Å². The van der Waals surface area contributed by atoms with Crippen molar-refractivity contribution in [3.63, 3.8) is 0 Å². The molecule has 3 N–H and O–H groups in total. The van der Waals surface area contributed by atoms with Gasteiger partial charge in [-0.05, 0) is 24.3 Å². The summed E-state index contributed by atoms with van der Waals surface area (Å²) in [6.45, 7) is 0. The van der Waals surface area contributed by atoms with Crippen LogP contribution in [0.4, 0.5) is 0 Å². The highest BCUT2D eigenvalue weighted by molar-refractivity contribution is 9.10. The van der Waals surface area contributed by atoms with E-state index in [1.807, 2.05) is 12.1 Å². The molecular formula is C15H12BrN3O3S. The topological polar surface area (TPSA) is 91.1 Å². The van der Waals surface area contributed by atoms with E-state index >= 15 is 0 Å². The van der Waals surface area contributed by atoms with Crippen LogP contribution in [0.1, 0.15) is 10.4 Å². The largest absolute Gasteiger partial charge is 0.360 e. The maximum Gasteiger partial charge on any atom is 0.268 e. The van der Waals surface area contributed by atoms with E-state index in [9.17, 15) is 13.2 Å². The third-order valence-corrected chi connectivity index (χ3v) is 4.98. The molecule has 0 spiro atoms. The Balaban J connectivity index is 1.79. The average molecular weight is 394 g/mol. The summed E-state index contributed by atoms with van der Waals surface area (Å²) in [7, 11) is -3.84. The summed E-state index contributed by atoms with van der Waals surface area (Å²) in [5, 5.41) is 0.714. The molecule has 0 aliphatic carbocycles. The first-order valence-electron chi connectivity index (χ1n) is 6.61. The second-order valence-electron chi connectivity index (χ2n) is 4.76. The van der Waals surface area contributed by atoms with Crippen LogP contribution >= 0.6 is 15.9 Å². The minimum absolute atomic E-state index is 0.0473. The molecule has 1 amide bonds. The Kier molecular flexibility index (Phi) is 4.20. The van der Waals surface area contributed by atoms with Crippen LogP contribution in [0.15, 0.2) is 64.1 Å². The monoisotopic (exact) mass is 393 g/mol. The van der Waals surface area contributed by atoms with Crippen LogP contribution in [0.2, 0.25) is 0 Å². The Hall–Kier alpha value is -2.16. The highest BCUT2D eigenvalue weighted by atomic mass is 79.9. The summed E-state index contributed by atoms with van der Waals surface area (Å²) in [4.78, 5) is 17.3. The van der Waals surface area contributed by atoms with Gasteiger partial charge in [0.2, 0.25) is 0 Å². The number of carbonyl (C=O) groups is 1. The number of benzene rings is 2. The summed E-state index contributed by atoms with van der Waals surface area (Å²) in [5.41, 5.74) is 3.38. The number of amides is 1. The molecular weight excluding hydrogens is 382 g/mol. The van der Waals surface area contributed by atoms with Gasteiger partial charge in [0.1, 0.15) is 0 Å². The van der Waals surface area contributed by atoms with Crippen molar-refractivity contribution in [1.82, 2.24) is 15.2 Å². The molecule has 0 radical (unpaired) electrons. The van der Waals surface area contributed by atoms with Crippen LogP contribution < -0.4 is 10.3 Å².